The van der Waals surface area contributed by atoms with Crippen molar-refractivity contribution in [2.45, 2.75) is 42.6 Å². The van der Waals surface area contributed by atoms with E-state index in [9.17, 15) is 23.2 Å². The second-order valence-electron chi connectivity index (χ2n) is 7.78. The predicted octanol–water partition coefficient (Wildman–Crippen LogP) is 6.19. The van der Waals surface area contributed by atoms with Crippen LogP contribution < -0.4 is 0 Å². The minimum absolute atomic E-state index is 0.164. The fraction of sp³-hybridized carbons (Fsp3) is 0.304. The Labute approximate surface area is 196 Å². The highest BCUT2D eigenvalue weighted by atomic mass is 32.2. The van der Waals surface area contributed by atoms with Gasteiger partial charge in [0.15, 0.2) is 0 Å². The second-order valence-corrected chi connectivity index (χ2v) is 9.91. The zero-order valence-electron chi connectivity index (χ0n) is 17.6. The standard InChI is InChI=1S/C23H21F3N2O3S2/c1-13-20(33-22(27-13)14-2-4-16(5-3-14)23(24,25)26)12-32-17-6-7-18-15(10-17)8-9-28(31)19(18)11-21(29)30/h2-7,10,19,31H,8-9,11-12H2,1H3,(H,29,30). The first-order valence-electron chi connectivity index (χ1n) is 10.2. The van der Waals surface area contributed by atoms with E-state index in [-0.39, 0.29) is 6.42 Å². The lowest BCUT2D eigenvalue weighted by Gasteiger charge is -2.32. The van der Waals surface area contributed by atoms with Gasteiger partial charge in [0.25, 0.3) is 0 Å². The van der Waals surface area contributed by atoms with E-state index in [1.165, 1.54) is 23.5 Å². The number of aliphatic carboxylic acids is 1. The first kappa shape index (κ1) is 23.7. The smallest absolute Gasteiger partial charge is 0.416 e. The number of hydrogen-bond acceptors (Lipinski definition) is 6. The SMILES string of the molecule is Cc1nc(-c2ccc(C(F)(F)F)cc2)sc1CSc1ccc2c(c1)CCN(O)C2CC(=O)O. The Bertz CT molecular complexity index is 1160. The van der Waals surface area contributed by atoms with E-state index in [1.54, 1.807) is 11.8 Å². The van der Waals surface area contributed by atoms with E-state index in [1.807, 2.05) is 25.1 Å². The number of carboxylic acids is 1. The average molecular weight is 495 g/mol. The zero-order chi connectivity index (χ0) is 23.8. The maximum Gasteiger partial charge on any atom is 0.416 e. The normalized spacial score (nSPS) is 16.6. The van der Waals surface area contributed by atoms with Crippen molar-refractivity contribution in [3.8, 4) is 10.6 Å². The molecule has 174 valence electrons. The third-order valence-electron chi connectivity index (χ3n) is 5.53. The van der Waals surface area contributed by atoms with Crippen molar-refractivity contribution in [2.75, 3.05) is 6.54 Å². The van der Waals surface area contributed by atoms with E-state index < -0.39 is 23.8 Å². The number of carbonyl (C=O) groups is 1. The largest absolute Gasteiger partial charge is 0.481 e. The van der Waals surface area contributed by atoms with Gasteiger partial charge >= 0.3 is 12.1 Å². The van der Waals surface area contributed by atoms with Crippen LogP contribution in [0.3, 0.4) is 0 Å². The summed E-state index contributed by atoms with van der Waals surface area (Å²) in [5.41, 5.74) is 2.67. The molecule has 0 radical (unpaired) electrons. The first-order valence-corrected chi connectivity index (χ1v) is 12.0. The van der Waals surface area contributed by atoms with Crippen molar-refractivity contribution in [1.82, 2.24) is 10.0 Å². The maximum atomic E-state index is 12.8. The van der Waals surface area contributed by atoms with Crippen LogP contribution in [0.25, 0.3) is 10.6 Å². The van der Waals surface area contributed by atoms with E-state index in [2.05, 4.69) is 4.98 Å². The number of halogens is 3. The third-order valence-corrected chi connectivity index (χ3v) is 7.94. The first-order chi connectivity index (χ1) is 15.6. The summed E-state index contributed by atoms with van der Waals surface area (Å²) < 4.78 is 38.4. The lowest BCUT2D eigenvalue weighted by atomic mass is 9.92. The molecule has 2 N–H and O–H groups in total. The van der Waals surface area contributed by atoms with Crippen LogP contribution in [0.15, 0.2) is 47.4 Å². The zero-order valence-corrected chi connectivity index (χ0v) is 19.2. The van der Waals surface area contributed by atoms with Gasteiger partial charge in [-0.2, -0.15) is 18.2 Å². The number of hydrogen-bond donors (Lipinski definition) is 2. The van der Waals surface area contributed by atoms with Gasteiger partial charge in [-0.15, -0.1) is 23.1 Å². The topological polar surface area (TPSA) is 73.7 Å². The molecule has 1 unspecified atom stereocenters. The summed E-state index contributed by atoms with van der Waals surface area (Å²) in [5, 5.41) is 21.0. The molecule has 0 saturated heterocycles. The summed E-state index contributed by atoms with van der Waals surface area (Å²) in [4.78, 5) is 17.8. The van der Waals surface area contributed by atoms with Gasteiger partial charge in [0, 0.05) is 27.6 Å². The highest BCUT2D eigenvalue weighted by molar-refractivity contribution is 7.98. The summed E-state index contributed by atoms with van der Waals surface area (Å²) in [6, 6.07) is 10.3. The van der Waals surface area contributed by atoms with Crippen LogP contribution in [0.5, 0.6) is 0 Å². The van der Waals surface area contributed by atoms with Gasteiger partial charge < -0.3 is 10.3 Å². The summed E-state index contributed by atoms with van der Waals surface area (Å²) in [5.74, 6) is -0.303. The van der Waals surface area contributed by atoms with Crippen LogP contribution in [0.4, 0.5) is 13.2 Å². The van der Waals surface area contributed by atoms with Crippen LogP contribution >= 0.6 is 23.1 Å². The number of thioether (sulfide) groups is 1. The lowest BCUT2D eigenvalue weighted by Crippen LogP contribution is -2.34. The highest BCUT2D eigenvalue weighted by Gasteiger charge is 2.30. The van der Waals surface area contributed by atoms with Crippen molar-refractivity contribution in [3.63, 3.8) is 0 Å². The number of benzene rings is 2. The van der Waals surface area contributed by atoms with Gasteiger partial charge in [-0.1, -0.05) is 18.2 Å². The Morgan fingerprint density at radius 3 is 2.64 bits per heavy atom. The van der Waals surface area contributed by atoms with Crippen molar-refractivity contribution < 1.29 is 28.3 Å². The number of aromatic nitrogens is 1. The molecule has 33 heavy (non-hydrogen) atoms. The third kappa shape index (κ3) is 5.40. The van der Waals surface area contributed by atoms with E-state index in [0.29, 0.717) is 29.3 Å². The summed E-state index contributed by atoms with van der Waals surface area (Å²) in [6.45, 7) is 2.27. The molecule has 0 fully saturated rings. The molecule has 3 aromatic rings. The van der Waals surface area contributed by atoms with Crippen molar-refractivity contribution in [3.05, 3.63) is 69.7 Å². The van der Waals surface area contributed by atoms with Crippen LogP contribution in [0, 0.1) is 6.92 Å². The number of thiazole rings is 1. The Morgan fingerprint density at radius 2 is 1.97 bits per heavy atom. The molecule has 0 amide bonds. The molecule has 0 bridgehead atoms. The van der Waals surface area contributed by atoms with Gasteiger partial charge in [-0.3, -0.25) is 4.79 Å². The molecule has 1 aliphatic heterocycles. The number of fused-ring (bicyclic) bond motifs is 1. The van der Waals surface area contributed by atoms with Crippen LogP contribution in [0.1, 0.15) is 39.7 Å². The molecule has 0 saturated carbocycles. The number of alkyl halides is 3. The van der Waals surface area contributed by atoms with Crippen LogP contribution in [0.2, 0.25) is 0 Å². The Morgan fingerprint density at radius 1 is 1.24 bits per heavy atom. The molecular formula is C23H21F3N2O3S2. The highest BCUT2D eigenvalue weighted by Crippen LogP contribution is 2.37. The molecule has 10 heteroatoms. The predicted molar refractivity (Wildman–Crippen MR) is 120 cm³/mol. The van der Waals surface area contributed by atoms with Gasteiger partial charge in [0.2, 0.25) is 0 Å². The van der Waals surface area contributed by atoms with Gasteiger partial charge in [-0.25, -0.2) is 4.98 Å². The van der Waals surface area contributed by atoms with Crippen LogP contribution in [-0.4, -0.2) is 32.9 Å². The molecule has 2 heterocycles. The van der Waals surface area contributed by atoms with Crippen molar-refractivity contribution in [2.24, 2.45) is 0 Å². The number of rotatable bonds is 6. The number of nitrogens with zero attached hydrogens (tertiary/aromatic N) is 2. The number of hydroxylamine groups is 2. The Balaban J connectivity index is 1.47. The monoisotopic (exact) mass is 494 g/mol. The fourth-order valence-electron chi connectivity index (χ4n) is 3.78. The molecule has 0 aliphatic carbocycles. The molecule has 4 rings (SSSR count). The number of aryl methyl sites for hydroxylation is 1. The lowest BCUT2D eigenvalue weighted by molar-refractivity contribution is -0.155. The van der Waals surface area contributed by atoms with E-state index in [4.69, 9.17) is 5.11 Å². The van der Waals surface area contributed by atoms with Crippen LogP contribution in [-0.2, 0) is 23.1 Å². The quantitative estimate of drug-likeness (QED) is 0.398. The Hall–Kier alpha value is -2.40. The summed E-state index contributed by atoms with van der Waals surface area (Å²) >= 11 is 3.08. The summed E-state index contributed by atoms with van der Waals surface area (Å²) in [7, 11) is 0. The van der Waals surface area contributed by atoms with Gasteiger partial charge in [0.05, 0.1) is 23.7 Å². The molecule has 0 spiro atoms. The molecule has 1 atom stereocenters. The number of carboxylic acid groups (broad SMARTS) is 1. The summed E-state index contributed by atoms with van der Waals surface area (Å²) in [6.07, 6.45) is -3.89. The minimum atomic E-state index is -4.36. The molecule has 1 aliphatic rings. The van der Waals surface area contributed by atoms with Crippen molar-refractivity contribution in [1.29, 1.82) is 0 Å². The van der Waals surface area contributed by atoms with E-state index in [0.717, 1.165) is 43.8 Å². The average Bonchev–Trinajstić information content (AvgIpc) is 3.14. The van der Waals surface area contributed by atoms with E-state index >= 15 is 0 Å². The molecule has 1 aromatic heterocycles. The van der Waals surface area contributed by atoms with Crippen molar-refractivity contribution >= 4 is 29.1 Å². The molecule has 5 nitrogen and oxygen atoms in total. The van der Waals surface area contributed by atoms with Gasteiger partial charge in [0.1, 0.15) is 5.01 Å². The Kier molecular flexibility index (Phi) is 6.81. The molecule has 2 aromatic carbocycles. The minimum Gasteiger partial charge on any atom is -0.481 e. The second kappa shape index (κ2) is 9.46. The fourth-order valence-corrected chi connectivity index (χ4v) is 5.95. The van der Waals surface area contributed by atoms with Gasteiger partial charge in [-0.05, 0) is 48.7 Å². The maximum absolute atomic E-state index is 12.8. The molecular weight excluding hydrogens is 473 g/mol.